The molecule has 0 bridgehead atoms. The molecule has 0 N–H and O–H groups in total. The monoisotopic (exact) mass is 341 g/mol. The minimum Gasteiger partial charge on any atom is -0.454 e. The molecule has 5 heteroatoms. The summed E-state index contributed by atoms with van der Waals surface area (Å²) in [5.74, 6) is 2.35. The number of benzene rings is 2. The largest absolute Gasteiger partial charge is 0.454 e. The zero-order valence-corrected chi connectivity index (χ0v) is 13.9. The number of hydrogen-bond acceptors (Lipinski definition) is 4. The molecule has 0 unspecified atom stereocenters. The second kappa shape index (κ2) is 6.04. The van der Waals surface area contributed by atoms with Gasteiger partial charge in [0.05, 0.1) is 5.69 Å². The summed E-state index contributed by atoms with van der Waals surface area (Å²) in [4.78, 5) is 4.35. The summed E-state index contributed by atoms with van der Waals surface area (Å²) in [5, 5.41) is 4.71. The molecule has 0 atom stereocenters. The molecular weight excluding hydrogens is 326 g/mol. The third kappa shape index (κ3) is 2.50. The smallest absolute Gasteiger partial charge is 0.231 e. The van der Waals surface area contributed by atoms with Gasteiger partial charge in [-0.2, -0.15) is 5.10 Å². The molecule has 126 valence electrons. The van der Waals surface area contributed by atoms with Crippen molar-refractivity contribution in [3.05, 3.63) is 79.1 Å². The summed E-state index contributed by atoms with van der Waals surface area (Å²) >= 11 is 0. The van der Waals surface area contributed by atoms with Crippen LogP contribution < -0.4 is 9.47 Å². The van der Waals surface area contributed by atoms with E-state index in [0.717, 1.165) is 39.7 Å². The van der Waals surface area contributed by atoms with E-state index in [0.29, 0.717) is 0 Å². The molecule has 0 amide bonds. The molecule has 1 aliphatic rings. The predicted octanol–water partition coefficient (Wildman–Crippen LogP) is 4.33. The van der Waals surface area contributed by atoms with E-state index in [1.54, 1.807) is 10.9 Å². The molecule has 3 heterocycles. The molecule has 4 aromatic rings. The van der Waals surface area contributed by atoms with Crippen LogP contribution in [-0.2, 0) is 0 Å². The molecule has 2 aromatic heterocycles. The summed E-state index contributed by atoms with van der Waals surface area (Å²) in [6.45, 7) is 0.273. The van der Waals surface area contributed by atoms with Gasteiger partial charge in [0, 0.05) is 18.0 Å². The maximum Gasteiger partial charge on any atom is 0.231 e. The molecule has 0 spiro atoms. The first-order valence-corrected chi connectivity index (χ1v) is 8.35. The normalized spacial score (nSPS) is 12.3. The Hall–Kier alpha value is -3.60. The van der Waals surface area contributed by atoms with Gasteiger partial charge in [-0.3, -0.25) is 0 Å². The lowest BCUT2D eigenvalue weighted by Gasteiger charge is -2.09. The van der Waals surface area contributed by atoms with E-state index in [4.69, 9.17) is 14.6 Å². The third-order valence-corrected chi connectivity index (χ3v) is 4.36. The summed E-state index contributed by atoms with van der Waals surface area (Å²) < 4.78 is 12.7. The first-order valence-electron chi connectivity index (χ1n) is 8.35. The van der Waals surface area contributed by atoms with Crippen molar-refractivity contribution in [2.24, 2.45) is 0 Å². The van der Waals surface area contributed by atoms with Crippen LogP contribution in [0.4, 0.5) is 0 Å². The Morgan fingerprint density at radius 2 is 1.65 bits per heavy atom. The zero-order chi connectivity index (χ0) is 17.3. The van der Waals surface area contributed by atoms with Gasteiger partial charge in [0.1, 0.15) is 0 Å². The van der Waals surface area contributed by atoms with Crippen molar-refractivity contribution in [1.82, 2.24) is 14.8 Å². The van der Waals surface area contributed by atoms with E-state index in [1.165, 1.54) is 0 Å². The van der Waals surface area contributed by atoms with Crippen LogP contribution in [0.1, 0.15) is 0 Å². The fourth-order valence-electron chi connectivity index (χ4n) is 3.11. The highest BCUT2D eigenvalue weighted by molar-refractivity contribution is 5.82. The van der Waals surface area contributed by atoms with Gasteiger partial charge in [0.25, 0.3) is 0 Å². The van der Waals surface area contributed by atoms with Crippen LogP contribution >= 0.6 is 0 Å². The number of aromatic nitrogens is 3. The number of nitrogens with zero attached hydrogens (tertiary/aromatic N) is 3. The lowest BCUT2D eigenvalue weighted by molar-refractivity contribution is 0.174. The van der Waals surface area contributed by atoms with Gasteiger partial charge >= 0.3 is 0 Å². The maximum absolute atomic E-state index is 5.52. The van der Waals surface area contributed by atoms with Crippen molar-refractivity contribution in [2.45, 2.75) is 0 Å². The summed E-state index contributed by atoms with van der Waals surface area (Å²) in [7, 11) is 0. The molecule has 0 aliphatic carbocycles. The summed E-state index contributed by atoms with van der Waals surface area (Å²) in [5.41, 5.74) is 4.11. The van der Waals surface area contributed by atoms with Gasteiger partial charge in [-0.05, 0) is 41.5 Å². The van der Waals surface area contributed by atoms with Crippen molar-refractivity contribution in [1.29, 1.82) is 0 Å². The van der Waals surface area contributed by atoms with Crippen LogP contribution in [0.15, 0.2) is 79.1 Å². The fourth-order valence-corrected chi connectivity index (χ4v) is 3.11. The molecule has 0 saturated carbocycles. The van der Waals surface area contributed by atoms with E-state index in [1.807, 2.05) is 60.8 Å². The van der Waals surface area contributed by atoms with Crippen molar-refractivity contribution < 1.29 is 9.47 Å². The third-order valence-electron chi connectivity index (χ3n) is 4.36. The average Bonchev–Trinajstić information content (AvgIpc) is 3.38. The number of hydrogen-bond donors (Lipinski definition) is 0. The lowest BCUT2D eigenvalue weighted by Crippen LogP contribution is -1.97. The van der Waals surface area contributed by atoms with E-state index in [-0.39, 0.29) is 6.79 Å². The highest BCUT2D eigenvalue weighted by Gasteiger charge is 2.16. The Morgan fingerprint density at radius 1 is 0.808 bits per heavy atom. The molecule has 0 saturated heterocycles. The second-order valence-electron chi connectivity index (χ2n) is 5.95. The highest BCUT2D eigenvalue weighted by atomic mass is 16.7. The number of rotatable bonds is 3. The highest BCUT2D eigenvalue weighted by Crippen LogP contribution is 2.38. The molecule has 26 heavy (non-hydrogen) atoms. The molecule has 5 nitrogen and oxygen atoms in total. The second-order valence-corrected chi connectivity index (χ2v) is 5.95. The SMILES string of the molecule is c1ccc(-n2ccc(-c3ccccc3-c3ccc4c(c3)OCO4)n2)nc1. The van der Waals surface area contributed by atoms with Crippen LogP contribution in [0.2, 0.25) is 0 Å². The fraction of sp³-hybridized carbons (Fsp3) is 0.0476. The van der Waals surface area contributed by atoms with E-state index in [2.05, 4.69) is 17.1 Å². The Morgan fingerprint density at radius 3 is 2.54 bits per heavy atom. The maximum atomic E-state index is 5.52. The van der Waals surface area contributed by atoms with Crippen LogP contribution in [0.3, 0.4) is 0 Å². The molecule has 0 fully saturated rings. The first-order chi connectivity index (χ1) is 12.9. The van der Waals surface area contributed by atoms with Crippen molar-refractivity contribution >= 4 is 0 Å². The van der Waals surface area contributed by atoms with Gasteiger partial charge in [-0.25, -0.2) is 9.67 Å². The summed E-state index contributed by atoms with van der Waals surface area (Å²) in [6.07, 6.45) is 3.69. The van der Waals surface area contributed by atoms with Gasteiger partial charge < -0.3 is 9.47 Å². The minimum absolute atomic E-state index is 0.273. The van der Waals surface area contributed by atoms with Crippen LogP contribution in [-0.4, -0.2) is 21.6 Å². The summed E-state index contributed by atoms with van der Waals surface area (Å²) in [6, 6.07) is 22.0. The molecular formula is C21H15N3O2. The Bertz CT molecular complexity index is 1070. The quantitative estimate of drug-likeness (QED) is 0.556. The van der Waals surface area contributed by atoms with Gasteiger partial charge in [-0.1, -0.05) is 36.4 Å². The zero-order valence-electron chi connectivity index (χ0n) is 13.9. The van der Waals surface area contributed by atoms with Gasteiger partial charge in [0.15, 0.2) is 17.3 Å². The van der Waals surface area contributed by atoms with E-state index in [9.17, 15) is 0 Å². The molecule has 2 aromatic carbocycles. The van der Waals surface area contributed by atoms with Crippen LogP contribution in [0.5, 0.6) is 11.5 Å². The van der Waals surface area contributed by atoms with Crippen molar-refractivity contribution in [3.63, 3.8) is 0 Å². The Balaban J connectivity index is 1.58. The number of fused-ring (bicyclic) bond motifs is 1. The molecule has 0 radical (unpaired) electrons. The van der Waals surface area contributed by atoms with Gasteiger partial charge in [0.2, 0.25) is 6.79 Å². The molecule has 5 rings (SSSR count). The predicted molar refractivity (Wildman–Crippen MR) is 98.4 cm³/mol. The lowest BCUT2D eigenvalue weighted by atomic mass is 9.97. The van der Waals surface area contributed by atoms with Crippen LogP contribution in [0.25, 0.3) is 28.2 Å². The number of pyridine rings is 1. The number of ether oxygens (including phenoxy) is 2. The van der Waals surface area contributed by atoms with Crippen molar-refractivity contribution in [2.75, 3.05) is 6.79 Å². The van der Waals surface area contributed by atoms with E-state index < -0.39 is 0 Å². The minimum atomic E-state index is 0.273. The topological polar surface area (TPSA) is 49.2 Å². The van der Waals surface area contributed by atoms with E-state index >= 15 is 0 Å². The van der Waals surface area contributed by atoms with Gasteiger partial charge in [-0.15, -0.1) is 0 Å². The Kier molecular flexibility index (Phi) is 3.42. The molecule has 1 aliphatic heterocycles. The van der Waals surface area contributed by atoms with Crippen LogP contribution in [0, 0.1) is 0 Å². The van der Waals surface area contributed by atoms with Crippen molar-refractivity contribution in [3.8, 4) is 39.7 Å². The first kappa shape index (κ1) is 14.7. The standard InChI is InChI=1S/C21H15N3O2/c1-2-6-17(18-10-12-24(23-18)21-7-3-4-11-22-21)16(5-1)15-8-9-19-20(13-15)26-14-25-19/h1-13H,14H2. The average molecular weight is 341 g/mol. The Labute approximate surface area is 150 Å².